The zero-order valence-electron chi connectivity index (χ0n) is 15.4. The molecule has 0 unspecified atom stereocenters. The number of anilines is 1. The largest absolute Gasteiger partial charge is 0.493 e. The molecular weight excluding hydrogens is 364 g/mol. The Balaban J connectivity index is 1.44. The third kappa shape index (κ3) is 5.23. The third-order valence-electron chi connectivity index (χ3n) is 4.65. The zero-order valence-corrected chi connectivity index (χ0v) is 16.1. The van der Waals surface area contributed by atoms with Crippen molar-refractivity contribution in [2.75, 3.05) is 37.7 Å². The highest BCUT2D eigenvalue weighted by molar-refractivity contribution is 6.30. The maximum Gasteiger partial charge on any atom is 0.226 e. The third-order valence-corrected chi connectivity index (χ3v) is 4.89. The second-order valence-corrected chi connectivity index (χ2v) is 6.96. The molecule has 5 nitrogen and oxygen atoms in total. The summed E-state index contributed by atoms with van der Waals surface area (Å²) < 4.78 is 5.60. The maximum absolute atomic E-state index is 12.4. The van der Waals surface area contributed by atoms with Crippen molar-refractivity contribution in [3.63, 3.8) is 0 Å². The summed E-state index contributed by atoms with van der Waals surface area (Å²) in [6.07, 6.45) is 0.347. The van der Waals surface area contributed by atoms with E-state index in [0.29, 0.717) is 42.5 Å². The van der Waals surface area contributed by atoms with Crippen LogP contribution in [0.15, 0.2) is 48.5 Å². The van der Waals surface area contributed by atoms with Crippen molar-refractivity contribution in [3.8, 4) is 5.75 Å². The van der Waals surface area contributed by atoms with Gasteiger partial charge in [0.15, 0.2) is 5.78 Å². The van der Waals surface area contributed by atoms with Crippen LogP contribution in [0.25, 0.3) is 0 Å². The second kappa shape index (κ2) is 8.91. The molecule has 1 fully saturated rings. The van der Waals surface area contributed by atoms with Crippen molar-refractivity contribution in [2.45, 2.75) is 13.3 Å². The predicted molar refractivity (Wildman–Crippen MR) is 107 cm³/mol. The predicted octanol–water partition coefficient (Wildman–Crippen LogP) is 3.66. The van der Waals surface area contributed by atoms with Gasteiger partial charge in [-0.25, -0.2) is 0 Å². The first-order valence-corrected chi connectivity index (χ1v) is 9.43. The minimum atomic E-state index is 0.0666. The highest BCUT2D eigenvalue weighted by Gasteiger charge is 2.21. The minimum Gasteiger partial charge on any atom is -0.493 e. The molecule has 0 N–H and O–H groups in total. The molecule has 1 heterocycles. The number of halogens is 1. The molecule has 0 aromatic heterocycles. The lowest BCUT2D eigenvalue weighted by molar-refractivity contribution is -0.132. The van der Waals surface area contributed by atoms with E-state index in [1.165, 1.54) is 0 Å². The molecule has 0 atom stereocenters. The van der Waals surface area contributed by atoms with E-state index >= 15 is 0 Å². The molecule has 1 aliphatic heterocycles. The Morgan fingerprint density at radius 3 is 2.37 bits per heavy atom. The van der Waals surface area contributed by atoms with Crippen LogP contribution in [0.4, 0.5) is 5.69 Å². The highest BCUT2D eigenvalue weighted by Crippen LogP contribution is 2.19. The number of carbonyl (C=O) groups excluding carboxylic acids is 2. The zero-order chi connectivity index (χ0) is 19.2. The number of hydrogen-bond acceptors (Lipinski definition) is 4. The number of hydrogen-bond donors (Lipinski definition) is 0. The van der Waals surface area contributed by atoms with Gasteiger partial charge in [-0.2, -0.15) is 0 Å². The standard InChI is InChI=1S/C21H23ClN2O3/c1-16(25)17-5-7-19(8-6-17)23-10-12-24(13-11-23)21(26)9-14-27-20-4-2-3-18(22)15-20/h2-8,15H,9-14H2,1H3. The van der Waals surface area contributed by atoms with Crippen molar-refractivity contribution in [1.29, 1.82) is 0 Å². The maximum atomic E-state index is 12.4. The summed E-state index contributed by atoms with van der Waals surface area (Å²) in [5, 5.41) is 0.617. The van der Waals surface area contributed by atoms with E-state index in [1.54, 1.807) is 19.1 Å². The number of piperazine rings is 1. The average molecular weight is 387 g/mol. The van der Waals surface area contributed by atoms with Crippen molar-refractivity contribution >= 4 is 29.0 Å². The van der Waals surface area contributed by atoms with Gasteiger partial charge < -0.3 is 14.5 Å². The molecular formula is C21H23ClN2O3. The van der Waals surface area contributed by atoms with Crippen LogP contribution in [-0.2, 0) is 4.79 Å². The van der Waals surface area contributed by atoms with Gasteiger partial charge in [0, 0.05) is 42.5 Å². The van der Waals surface area contributed by atoms with Crippen LogP contribution in [0.2, 0.25) is 5.02 Å². The first kappa shape index (κ1) is 19.2. The SMILES string of the molecule is CC(=O)c1ccc(N2CCN(C(=O)CCOc3cccc(Cl)c3)CC2)cc1. The van der Waals surface area contributed by atoms with Gasteiger partial charge in [-0.1, -0.05) is 17.7 Å². The van der Waals surface area contributed by atoms with Gasteiger partial charge in [0.1, 0.15) is 5.75 Å². The van der Waals surface area contributed by atoms with Gasteiger partial charge in [0.25, 0.3) is 0 Å². The summed E-state index contributed by atoms with van der Waals surface area (Å²) in [5.41, 5.74) is 1.80. The highest BCUT2D eigenvalue weighted by atomic mass is 35.5. The van der Waals surface area contributed by atoms with Crippen LogP contribution >= 0.6 is 11.6 Å². The number of benzene rings is 2. The number of Topliss-reactive ketones (excluding diaryl/α,β-unsaturated/α-hetero) is 1. The second-order valence-electron chi connectivity index (χ2n) is 6.53. The Kier molecular flexibility index (Phi) is 6.35. The van der Waals surface area contributed by atoms with Gasteiger partial charge in [-0.05, 0) is 49.4 Å². The van der Waals surface area contributed by atoms with Crippen LogP contribution in [0, 0.1) is 0 Å². The van der Waals surface area contributed by atoms with Crippen LogP contribution < -0.4 is 9.64 Å². The number of nitrogens with zero attached hydrogens (tertiary/aromatic N) is 2. The molecule has 0 aliphatic carbocycles. The molecule has 2 aromatic rings. The molecule has 0 radical (unpaired) electrons. The van der Waals surface area contributed by atoms with Crippen LogP contribution in [0.3, 0.4) is 0 Å². The first-order chi connectivity index (χ1) is 13.0. The van der Waals surface area contributed by atoms with Crippen LogP contribution in [-0.4, -0.2) is 49.4 Å². The molecule has 142 valence electrons. The van der Waals surface area contributed by atoms with E-state index in [2.05, 4.69) is 4.90 Å². The molecule has 0 spiro atoms. The first-order valence-electron chi connectivity index (χ1n) is 9.05. The summed E-state index contributed by atoms with van der Waals surface area (Å²) in [7, 11) is 0. The van der Waals surface area contributed by atoms with Crippen LogP contribution in [0.1, 0.15) is 23.7 Å². The molecule has 3 rings (SSSR count). The molecule has 27 heavy (non-hydrogen) atoms. The van der Waals surface area contributed by atoms with Gasteiger partial charge in [0.05, 0.1) is 13.0 Å². The molecule has 1 amide bonds. The number of carbonyl (C=O) groups is 2. The molecule has 1 saturated heterocycles. The lowest BCUT2D eigenvalue weighted by Gasteiger charge is -2.36. The monoisotopic (exact) mass is 386 g/mol. The van der Waals surface area contributed by atoms with Gasteiger partial charge in [-0.15, -0.1) is 0 Å². The summed E-state index contributed by atoms with van der Waals surface area (Å²) in [6.45, 7) is 4.83. The lowest BCUT2D eigenvalue weighted by atomic mass is 10.1. The summed E-state index contributed by atoms with van der Waals surface area (Å²) in [4.78, 5) is 27.9. The van der Waals surface area contributed by atoms with E-state index in [0.717, 1.165) is 18.8 Å². The Morgan fingerprint density at radius 2 is 1.74 bits per heavy atom. The van der Waals surface area contributed by atoms with E-state index in [9.17, 15) is 9.59 Å². The van der Waals surface area contributed by atoms with E-state index in [-0.39, 0.29) is 11.7 Å². The quantitative estimate of drug-likeness (QED) is 0.711. The van der Waals surface area contributed by atoms with E-state index in [1.807, 2.05) is 41.3 Å². The smallest absolute Gasteiger partial charge is 0.226 e. The number of ketones is 1. The minimum absolute atomic E-state index is 0.0666. The summed E-state index contributed by atoms with van der Waals surface area (Å²) in [6, 6.07) is 14.8. The average Bonchev–Trinajstić information content (AvgIpc) is 2.68. The van der Waals surface area contributed by atoms with Crippen molar-refractivity contribution in [2.24, 2.45) is 0 Å². The van der Waals surface area contributed by atoms with Crippen molar-refractivity contribution < 1.29 is 14.3 Å². The van der Waals surface area contributed by atoms with Gasteiger partial charge in [0.2, 0.25) is 5.91 Å². The fourth-order valence-corrected chi connectivity index (χ4v) is 3.27. The lowest BCUT2D eigenvalue weighted by Crippen LogP contribution is -2.49. The topological polar surface area (TPSA) is 49.9 Å². The van der Waals surface area contributed by atoms with E-state index in [4.69, 9.17) is 16.3 Å². The van der Waals surface area contributed by atoms with Gasteiger partial charge in [-0.3, -0.25) is 9.59 Å². The Bertz CT molecular complexity index is 799. The van der Waals surface area contributed by atoms with Crippen LogP contribution in [0.5, 0.6) is 5.75 Å². The number of ether oxygens (including phenoxy) is 1. The fourth-order valence-electron chi connectivity index (χ4n) is 3.09. The Hall–Kier alpha value is -2.53. The van der Waals surface area contributed by atoms with Crippen molar-refractivity contribution in [1.82, 2.24) is 4.90 Å². The Labute approximate surface area is 164 Å². The molecule has 2 aromatic carbocycles. The molecule has 6 heteroatoms. The Morgan fingerprint density at radius 1 is 1.04 bits per heavy atom. The summed E-state index contributed by atoms with van der Waals surface area (Å²) in [5.74, 6) is 0.842. The molecule has 0 saturated carbocycles. The fraction of sp³-hybridized carbons (Fsp3) is 0.333. The van der Waals surface area contributed by atoms with Gasteiger partial charge >= 0.3 is 0 Å². The molecule has 0 bridgehead atoms. The van der Waals surface area contributed by atoms with Crippen molar-refractivity contribution in [3.05, 3.63) is 59.1 Å². The summed E-state index contributed by atoms with van der Waals surface area (Å²) >= 11 is 5.92. The normalized spacial score (nSPS) is 14.1. The van der Waals surface area contributed by atoms with E-state index < -0.39 is 0 Å². The molecule has 1 aliphatic rings. The number of rotatable bonds is 6. The number of amides is 1.